The molecule has 1 aliphatic rings. The average Bonchev–Trinajstić information content (AvgIpc) is 2.97. The van der Waals surface area contributed by atoms with Crippen LogP contribution in [0.15, 0.2) is 91.1 Å². The molecule has 1 aromatic heterocycles. The molecule has 2 unspecified atom stereocenters. The van der Waals surface area contributed by atoms with E-state index in [0.29, 0.717) is 32.1 Å². The summed E-state index contributed by atoms with van der Waals surface area (Å²) in [6.07, 6.45) is 5.35. The fourth-order valence-corrected chi connectivity index (χ4v) is 5.60. The number of methoxy groups -OCH3 is 1. The molecule has 5 heteroatoms. The molecule has 0 radical (unpaired) electrons. The van der Waals surface area contributed by atoms with Crippen molar-refractivity contribution in [2.45, 2.75) is 24.4 Å². The molecule has 5 rings (SSSR count). The number of benzene rings is 3. The quantitative estimate of drug-likeness (QED) is 0.300. The Morgan fingerprint density at radius 3 is 2.53 bits per heavy atom. The van der Waals surface area contributed by atoms with Gasteiger partial charge in [-0.25, -0.2) is 4.98 Å². The molecular formula is C33H36N2O3. The maximum absolute atomic E-state index is 13.1. The molecule has 1 N–H and O–H groups in total. The van der Waals surface area contributed by atoms with E-state index in [1.807, 2.05) is 56.7 Å². The van der Waals surface area contributed by atoms with Crippen molar-refractivity contribution in [3.63, 3.8) is 0 Å². The van der Waals surface area contributed by atoms with Gasteiger partial charge >= 0.3 is 0 Å². The van der Waals surface area contributed by atoms with Crippen LogP contribution in [0.2, 0.25) is 0 Å². The van der Waals surface area contributed by atoms with Crippen molar-refractivity contribution in [3.05, 3.63) is 113 Å². The maximum atomic E-state index is 13.1. The minimum atomic E-state index is -1.25. The van der Waals surface area contributed by atoms with Gasteiger partial charge in [-0.3, -0.25) is 0 Å². The average molecular weight is 509 g/mol. The van der Waals surface area contributed by atoms with Crippen LogP contribution in [0.5, 0.6) is 5.88 Å². The van der Waals surface area contributed by atoms with Gasteiger partial charge in [-0.2, -0.15) is 0 Å². The first-order chi connectivity index (χ1) is 18.5. The normalized spacial score (nSPS) is 16.2. The lowest BCUT2D eigenvalue weighted by Gasteiger charge is -2.39. The Morgan fingerprint density at radius 1 is 1.03 bits per heavy atom. The van der Waals surface area contributed by atoms with Crippen LogP contribution < -0.4 is 4.74 Å². The number of aromatic nitrogens is 1. The number of aliphatic hydroxyl groups is 1. The minimum Gasteiger partial charge on any atom is -0.481 e. The van der Waals surface area contributed by atoms with Gasteiger partial charge in [0.2, 0.25) is 5.88 Å². The lowest BCUT2D eigenvalue weighted by molar-refractivity contribution is 0.00514. The van der Waals surface area contributed by atoms with E-state index < -0.39 is 11.5 Å². The van der Waals surface area contributed by atoms with Gasteiger partial charge in [0.05, 0.1) is 20.3 Å². The molecule has 0 amide bonds. The Bertz CT molecular complexity index is 1410. The molecule has 0 aliphatic carbocycles. The second-order valence-electron chi connectivity index (χ2n) is 10.2. The van der Waals surface area contributed by atoms with Gasteiger partial charge in [-0.1, -0.05) is 78.9 Å². The molecule has 196 valence electrons. The van der Waals surface area contributed by atoms with Crippen molar-refractivity contribution >= 4 is 16.3 Å². The van der Waals surface area contributed by atoms with Crippen LogP contribution in [0.4, 0.5) is 0 Å². The summed E-state index contributed by atoms with van der Waals surface area (Å²) in [7, 11) is 5.74. The van der Waals surface area contributed by atoms with Crippen LogP contribution in [0.1, 0.15) is 41.0 Å². The van der Waals surface area contributed by atoms with Crippen molar-refractivity contribution in [1.29, 1.82) is 0 Å². The fraction of sp³-hybridized carbons (Fsp3) is 0.303. The van der Waals surface area contributed by atoms with Crippen LogP contribution in [0, 0.1) is 0 Å². The van der Waals surface area contributed by atoms with E-state index in [2.05, 4.69) is 53.4 Å². The zero-order chi connectivity index (χ0) is 26.5. The lowest BCUT2D eigenvalue weighted by Crippen LogP contribution is -2.38. The summed E-state index contributed by atoms with van der Waals surface area (Å²) in [5, 5.41) is 15.2. The number of pyridine rings is 1. The summed E-state index contributed by atoms with van der Waals surface area (Å²) in [5.41, 5.74) is 3.80. The Hall–Kier alpha value is -3.51. The minimum absolute atomic E-state index is 0.419. The van der Waals surface area contributed by atoms with Gasteiger partial charge in [0.15, 0.2) is 0 Å². The Balaban J connectivity index is 1.78. The third-order valence-electron chi connectivity index (χ3n) is 7.52. The predicted molar refractivity (Wildman–Crippen MR) is 154 cm³/mol. The van der Waals surface area contributed by atoms with Gasteiger partial charge in [-0.15, -0.1) is 0 Å². The number of rotatable bonds is 9. The predicted octanol–water partition coefficient (Wildman–Crippen LogP) is 6.02. The number of hydrogen-bond donors (Lipinski definition) is 1. The summed E-state index contributed by atoms with van der Waals surface area (Å²) in [4.78, 5) is 6.88. The van der Waals surface area contributed by atoms with E-state index >= 15 is 0 Å². The lowest BCUT2D eigenvalue weighted by atomic mass is 9.70. The summed E-state index contributed by atoms with van der Waals surface area (Å²) >= 11 is 0. The van der Waals surface area contributed by atoms with Gasteiger partial charge in [-0.05, 0) is 66.0 Å². The Labute approximate surface area is 225 Å². The van der Waals surface area contributed by atoms with Crippen molar-refractivity contribution in [2.75, 3.05) is 41.0 Å². The number of hydrogen-bond acceptors (Lipinski definition) is 5. The molecule has 0 fully saturated rings. The zero-order valence-electron chi connectivity index (χ0n) is 22.4. The fourth-order valence-electron chi connectivity index (χ4n) is 5.60. The highest BCUT2D eigenvalue weighted by Gasteiger charge is 2.43. The number of nitrogens with zero attached hydrogens (tertiary/aromatic N) is 2. The van der Waals surface area contributed by atoms with E-state index in [1.165, 1.54) is 5.57 Å². The van der Waals surface area contributed by atoms with E-state index in [4.69, 9.17) is 14.5 Å². The summed E-state index contributed by atoms with van der Waals surface area (Å²) in [6, 6.07) is 26.9. The first-order valence-corrected chi connectivity index (χ1v) is 13.2. The highest BCUT2D eigenvalue weighted by atomic mass is 16.5. The number of fused-ring (bicyclic) bond motifs is 1. The molecule has 3 aromatic carbocycles. The summed E-state index contributed by atoms with van der Waals surface area (Å²) < 4.78 is 11.4. The van der Waals surface area contributed by atoms with E-state index in [0.717, 1.165) is 39.4 Å². The standard InChI is InChI=1S/C33H36N2O3/c1-35(2)19-18-33(36,30-15-9-13-25-10-7-8-14-28(25)30)31(26-11-5-4-6-12-26)29-22-27(23-34-32(29)37-3)24-16-20-38-21-17-24/h4-16,22-23,31,36H,17-21H2,1-3H3. The van der Waals surface area contributed by atoms with Crippen molar-refractivity contribution in [2.24, 2.45) is 0 Å². The van der Waals surface area contributed by atoms with Crippen LogP contribution in [-0.2, 0) is 10.3 Å². The van der Waals surface area contributed by atoms with Gasteiger partial charge < -0.3 is 19.5 Å². The highest BCUT2D eigenvalue weighted by molar-refractivity contribution is 5.86. The SMILES string of the molecule is COc1ncc(C2=CCOCC2)cc1C(c1ccccc1)C(O)(CCN(C)C)c1cccc2ccccc12. The topological polar surface area (TPSA) is 54.8 Å². The molecule has 0 spiro atoms. The smallest absolute Gasteiger partial charge is 0.217 e. The van der Waals surface area contributed by atoms with E-state index in [9.17, 15) is 5.11 Å². The molecule has 0 saturated heterocycles. The third-order valence-corrected chi connectivity index (χ3v) is 7.52. The van der Waals surface area contributed by atoms with Crippen molar-refractivity contribution in [3.8, 4) is 5.88 Å². The zero-order valence-corrected chi connectivity index (χ0v) is 22.4. The Kier molecular flexibility index (Phi) is 7.89. The van der Waals surface area contributed by atoms with Gasteiger partial charge in [0.1, 0.15) is 5.60 Å². The highest BCUT2D eigenvalue weighted by Crippen LogP contribution is 2.48. The van der Waals surface area contributed by atoms with Gasteiger partial charge in [0.25, 0.3) is 0 Å². The molecular weight excluding hydrogens is 472 g/mol. The van der Waals surface area contributed by atoms with Crippen molar-refractivity contribution in [1.82, 2.24) is 9.88 Å². The van der Waals surface area contributed by atoms with E-state index in [-0.39, 0.29) is 0 Å². The van der Waals surface area contributed by atoms with Crippen LogP contribution >= 0.6 is 0 Å². The van der Waals surface area contributed by atoms with Crippen LogP contribution in [0.3, 0.4) is 0 Å². The molecule has 0 saturated carbocycles. The molecule has 2 atom stereocenters. The summed E-state index contributed by atoms with van der Waals surface area (Å²) in [6.45, 7) is 2.00. The monoisotopic (exact) mass is 508 g/mol. The maximum Gasteiger partial charge on any atom is 0.217 e. The number of ether oxygens (including phenoxy) is 2. The summed E-state index contributed by atoms with van der Waals surface area (Å²) in [5.74, 6) is 0.107. The second-order valence-corrected chi connectivity index (χ2v) is 10.2. The molecule has 1 aliphatic heterocycles. The largest absolute Gasteiger partial charge is 0.481 e. The van der Waals surface area contributed by atoms with E-state index in [1.54, 1.807) is 7.11 Å². The molecule has 38 heavy (non-hydrogen) atoms. The molecule has 4 aromatic rings. The second kappa shape index (κ2) is 11.5. The van der Waals surface area contributed by atoms with Crippen molar-refractivity contribution < 1.29 is 14.6 Å². The molecule has 0 bridgehead atoms. The molecule has 2 heterocycles. The Morgan fingerprint density at radius 2 is 1.79 bits per heavy atom. The van der Waals surface area contributed by atoms with Crippen LogP contribution in [0.25, 0.3) is 16.3 Å². The first kappa shape index (κ1) is 26.1. The first-order valence-electron chi connectivity index (χ1n) is 13.2. The van der Waals surface area contributed by atoms with Crippen LogP contribution in [-0.4, -0.2) is 56.0 Å². The van der Waals surface area contributed by atoms with Gasteiger partial charge in [0, 0.05) is 24.2 Å². The molecule has 5 nitrogen and oxygen atoms in total. The third kappa shape index (κ3) is 5.23.